The minimum Gasteiger partial charge on any atom is -0.449 e. The maximum absolute atomic E-state index is 6.69. The maximum atomic E-state index is 6.69. The molecule has 58 heavy (non-hydrogen) atoms. The molecule has 11 rings (SSSR count). The smallest absolute Gasteiger partial charge is 0.170 e. The number of fused-ring (bicyclic) bond motifs is 4. The lowest BCUT2D eigenvalue weighted by Crippen LogP contribution is -2.03. The van der Waals surface area contributed by atoms with Crippen LogP contribution in [0.3, 0.4) is 0 Å². The third-order valence-corrected chi connectivity index (χ3v) is 10.4. The Morgan fingerprint density at radius 2 is 0.690 bits per heavy atom. The van der Waals surface area contributed by atoms with Gasteiger partial charge < -0.3 is 9.47 Å². The Labute approximate surface area is 334 Å². The highest BCUT2D eigenvalue weighted by molar-refractivity contribution is 5.90. The Morgan fingerprint density at radius 3 is 1.28 bits per heavy atom. The van der Waals surface area contributed by atoms with Gasteiger partial charge in [-0.25, -0.2) is 24.9 Å². The SMILES string of the molecule is c1ccc(-c2ccc(-c3nc(-c4ccccc4)nc(-c4ccc5c(c4)Oc4cc(-c6ccc7ccccc7n6)c(-c6ccc7ccccc7n6)cc4O5)n3)cc2)cc1. The minimum atomic E-state index is 0.520. The summed E-state index contributed by atoms with van der Waals surface area (Å²) in [5.74, 6) is 3.96. The number of nitrogens with zero attached hydrogens (tertiary/aromatic N) is 5. The zero-order chi connectivity index (χ0) is 38.4. The highest BCUT2D eigenvalue weighted by Gasteiger charge is 2.25. The molecular weight excluding hydrogens is 715 g/mol. The van der Waals surface area contributed by atoms with Gasteiger partial charge in [0.2, 0.25) is 0 Å². The number of ether oxygens (including phenoxy) is 2. The fourth-order valence-electron chi connectivity index (χ4n) is 7.42. The van der Waals surface area contributed by atoms with E-state index in [2.05, 4.69) is 60.7 Å². The molecule has 0 saturated heterocycles. The highest BCUT2D eigenvalue weighted by Crippen LogP contribution is 2.50. The van der Waals surface area contributed by atoms with Crippen LogP contribution in [0.4, 0.5) is 0 Å². The predicted molar refractivity (Wildman–Crippen MR) is 230 cm³/mol. The van der Waals surface area contributed by atoms with E-state index in [1.54, 1.807) is 0 Å². The van der Waals surface area contributed by atoms with Gasteiger partial charge in [0.1, 0.15) is 0 Å². The molecule has 7 heteroatoms. The summed E-state index contributed by atoms with van der Waals surface area (Å²) in [7, 11) is 0. The normalized spacial score (nSPS) is 11.7. The van der Waals surface area contributed by atoms with Gasteiger partial charge in [0.05, 0.1) is 22.4 Å². The van der Waals surface area contributed by atoms with Crippen LogP contribution in [0.1, 0.15) is 0 Å². The molecule has 0 bridgehead atoms. The topological polar surface area (TPSA) is 82.9 Å². The molecular formula is C51H31N5O2. The molecule has 0 spiro atoms. The van der Waals surface area contributed by atoms with Crippen molar-refractivity contribution in [2.75, 3.05) is 0 Å². The van der Waals surface area contributed by atoms with Crippen LogP contribution in [-0.2, 0) is 0 Å². The van der Waals surface area contributed by atoms with Gasteiger partial charge in [0, 0.05) is 38.6 Å². The summed E-state index contributed by atoms with van der Waals surface area (Å²) in [5, 5.41) is 2.14. The lowest BCUT2D eigenvalue weighted by Gasteiger charge is -2.23. The van der Waals surface area contributed by atoms with Crippen molar-refractivity contribution < 1.29 is 9.47 Å². The number of hydrogen-bond acceptors (Lipinski definition) is 7. The molecule has 0 aliphatic carbocycles. The molecule has 272 valence electrons. The van der Waals surface area contributed by atoms with Gasteiger partial charge in [-0.3, -0.25) is 0 Å². The van der Waals surface area contributed by atoms with Crippen LogP contribution in [0.25, 0.3) is 89.6 Å². The van der Waals surface area contributed by atoms with Crippen molar-refractivity contribution in [2.24, 2.45) is 0 Å². The van der Waals surface area contributed by atoms with E-state index in [1.165, 1.54) is 0 Å². The first kappa shape index (κ1) is 33.3. The number of hydrogen-bond donors (Lipinski definition) is 0. The number of aromatic nitrogens is 5. The quantitative estimate of drug-likeness (QED) is 0.168. The monoisotopic (exact) mass is 745 g/mol. The molecule has 0 unspecified atom stereocenters. The second kappa shape index (κ2) is 13.9. The lowest BCUT2D eigenvalue weighted by molar-refractivity contribution is 0.360. The van der Waals surface area contributed by atoms with E-state index < -0.39 is 0 Å². The van der Waals surface area contributed by atoms with E-state index in [0.717, 1.165) is 72.1 Å². The Kier molecular flexibility index (Phi) is 8.00. The van der Waals surface area contributed by atoms with Crippen LogP contribution in [0.2, 0.25) is 0 Å². The second-order valence-electron chi connectivity index (χ2n) is 14.1. The third-order valence-electron chi connectivity index (χ3n) is 10.4. The Hall–Kier alpha value is -8.03. The van der Waals surface area contributed by atoms with Crippen LogP contribution in [0, 0.1) is 0 Å². The maximum Gasteiger partial charge on any atom is 0.170 e. The van der Waals surface area contributed by atoms with Crippen molar-refractivity contribution in [1.29, 1.82) is 0 Å². The van der Waals surface area contributed by atoms with Gasteiger partial charge >= 0.3 is 0 Å². The van der Waals surface area contributed by atoms with Gasteiger partial charge in [0.15, 0.2) is 40.5 Å². The Morgan fingerprint density at radius 1 is 0.276 bits per heavy atom. The summed E-state index contributed by atoms with van der Waals surface area (Å²) in [6.07, 6.45) is 0. The fourth-order valence-corrected chi connectivity index (χ4v) is 7.42. The molecule has 1 aliphatic rings. The summed E-state index contributed by atoms with van der Waals surface area (Å²) >= 11 is 0. The molecule has 0 radical (unpaired) electrons. The lowest BCUT2D eigenvalue weighted by atomic mass is 9.98. The molecule has 1 aliphatic heterocycles. The molecule has 0 atom stereocenters. The molecule has 0 N–H and O–H groups in total. The summed E-state index contributed by atoms with van der Waals surface area (Å²) in [4.78, 5) is 25.1. The summed E-state index contributed by atoms with van der Waals surface area (Å²) in [6, 6.07) is 62.9. The summed E-state index contributed by atoms with van der Waals surface area (Å²) < 4.78 is 13.3. The third kappa shape index (κ3) is 6.17. The molecule has 7 aromatic carbocycles. The van der Waals surface area contributed by atoms with Crippen molar-refractivity contribution in [3.63, 3.8) is 0 Å². The number of rotatable bonds is 6. The number of pyridine rings is 2. The first-order valence-electron chi connectivity index (χ1n) is 19.1. The molecule has 7 nitrogen and oxygen atoms in total. The van der Waals surface area contributed by atoms with Gasteiger partial charge in [-0.1, -0.05) is 133 Å². The van der Waals surface area contributed by atoms with Crippen LogP contribution in [-0.4, -0.2) is 24.9 Å². The van der Waals surface area contributed by atoms with Crippen LogP contribution >= 0.6 is 0 Å². The average Bonchev–Trinajstić information content (AvgIpc) is 3.30. The van der Waals surface area contributed by atoms with Crippen molar-refractivity contribution >= 4 is 21.8 Å². The minimum absolute atomic E-state index is 0.520. The summed E-state index contributed by atoms with van der Waals surface area (Å²) in [5.41, 5.74) is 10.0. The molecule has 0 saturated carbocycles. The van der Waals surface area contributed by atoms with E-state index in [9.17, 15) is 0 Å². The van der Waals surface area contributed by atoms with Crippen molar-refractivity contribution in [1.82, 2.24) is 24.9 Å². The van der Waals surface area contributed by atoms with Crippen LogP contribution in [0.5, 0.6) is 23.0 Å². The Bertz CT molecular complexity index is 3170. The molecule has 3 aromatic heterocycles. The number of para-hydroxylation sites is 2. The average molecular weight is 746 g/mol. The van der Waals surface area contributed by atoms with Gasteiger partial charge in [0.25, 0.3) is 0 Å². The first-order valence-corrected chi connectivity index (χ1v) is 19.1. The predicted octanol–water partition coefficient (Wildman–Crippen LogP) is 12.9. The van der Waals surface area contributed by atoms with E-state index >= 15 is 0 Å². The van der Waals surface area contributed by atoms with E-state index in [-0.39, 0.29) is 0 Å². The first-order chi connectivity index (χ1) is 28.7. The van der Waals surface area contributed by atoms with Gasteiger partial charge in [-0.05, 0) is 65.7 Å². The molecule has 10 aromatic rings. The molecule has 0 fully saturated rings. The van der Waals surface area contributed by atoms with E-state index in [0.29, 0.717) is 40.5 Å². The van der Waals surface area contributed by atoms with Crippen molar-refractivity contribution in [3.05, 3.63) is 188 Å². The van der Waals surface area contributed by atoms with Crippen LogP contribution < -0.4 is 9.47 Å². The van der Waals surface area contributed by atoms with Crippen molar-refractivity contribution in [3.8, 4) is 90.8 Å². The van der Waals surface area contributed by atoms with Crippen LogP contribution in [0.15, 0.2) is 188 Å². The van der Waals surface area contributed by atoms with E-state index in [4.69, 9.17) is 34.4 Å². The Balaban J connectivity index is 0.997. The van der Waals surface area contributed by atoms with Gasteiger partial charge in [-0.2, -0.15) is 0 Å². The highest BCUT2D eigenvalue weighted by atomic mass is 16.6. The second-order valence-corrected chi connectivity index (χ2v) is 14.1. The zero-order valence-electron chi connectivity index (χ0n) is 31.0. The fraction of sp³-hybridized carbons (Fsp3) is 0. The number of benzene rings is 7. The van der Waals surface area contributed by atoms with E-state index in [1.807, 2.05) is 127 Å². The standard InChI is InChI=1S/C51H31N5O2/c1-3-11-32(12-4-1)33-19-21-37(22-20-33)50-54-49(36-15-5-2-6-16-36)55-51(56-50)38-25-28-45-46(29-38)58-48-31-40(44-27-24-35-14-8-10-18-42(35)53-44)39(30-47(48)57-45)43-26-23-34-13-7-9-17-41(34)52-43/h1-31H. The molecule has 0 amide bonds. The molecule has 4 heterocycles. The largest absolute Gasteiger partial charge is 0.449 e. The zero-order valence-corrected chi connectivity index (χ0v) is 31.0. The summed E-state index contributed by atoms with van der Waals surface area (Å²) in [6.45, 7) is 0. The van der Waals surface area contributed by atoms with Crippen molar-refractivity contribution in [2.45, 2.75) is 0 Å². The van der Waals surface area contributed by atoms with Gasteiger partial charge in [-0.15, -0.1) is 0 Å².